The highest BCUT2D eigenvalue weighted by Gasteiger charge is 2.54. The fraction of sp³-hybridized carbons (Fsp3) is 0.471. The number of ketones is 1. The number of thiazole rings is 1. The van der Waals surface area contributed by atoms with Crippen molar-refractivity contribution in [1.82, 2.24) is 24.1 Å². The Balaban J connectivity index is 1.59. The molecule has 2 aromatic heterocycles. The Bertz CT molecular complexity index is 1250. The van der Waals surface area contributed by atoms with Gasteiger partial charge in [0, 0.05) is 24.6 Å². The molecule has 1 saturated carbocycles. The van der Waals surface area contributed by atoms with Gasteiger partial charge in [0.2, 0.25) is 11.5 Å². The number of rotatable bonds is 10. The molecule has 3 heterocycles. The lowest BCUT2D eigenvalue weighted by Gasteiger charge is -2.43. The second kappa shape index (κ2) is 8.73. The van der Waals surface area contributed by atoms with Crippen molar-refractivity contribution in [2.24, 2.45) is 11.1 Å². The van der Waals surface area contributed by atoms with Gasteiger partial charge in [-0.1, -0.05) is 5.16 Å². The summed E-state index contributed by atoms with van der Waals surface area (Å²) in [5.41, 5.74) is 3.76. The molecular formula is C17H19N7O8S2. The number of amides is 1. The average Bonchev–Trinajstić information content (AvgIpc) is 3.38. The second-order valence-corrected chi connectivity index (χ2v) is 9.96. The van der Waals surface area contributed by atoms with Gasteiger partial charge in [-0.15, -0.1) is 11.3 Å². The molecule has 0 radical (unpaired) electrons. The van der Waals surface area contributed by atoms with Crippen molar-refractivity contribution in [1.29, 1.82) is 0 Å². The standard InChI is InChI=1S/C17H19N7O8S2/c18-16-21-10(6-33-16)13(22-32-17(15(27)28)2-1-3-17)12(25)4-9-11(5-23-8-19-7-20-23)24(14(9)26)34(29,30)31/h6-9,11H,1-5H2,(H2,18,21)(H,27,28)(H,29,30,31)/b22-13-/t9-,11+/m0/s1. The Morgan fingerprint density at radius 1 is 1.38 bits per heavy atom. The molecule has 4 N–H and O–H groups in total. The van der Waals surface area contributed by atoms with E-state index in [1.807, 2.05) is 0 Å². The van der Waals surface area contributed by atoms with Crippen LogP contribution in [0.1, 0.15) is 31.4 Å². The van der Waals surface area contributed by atoms with Crippen molar-refractivity contribution in [3.05, 3.63) is 23.7 Å². The summed E-state index contributed by atoms with van der Waals surface area (Å²) in [5, 5.41) is 18.6. The van der Waals surface area contributed by atoms with E-state index in [2.05, 4.69) is 20.2 Å². The summed E-state index contributed by atoms with van der Waals surface area (Å²) >= 11 is 1.01. The van der Waals surface area contributed by atoms with E-state index in [9.17, 15) is 32.5 Å². The molecule has 17 heteroatoms. The SMILES string of the molecule is Nc1nc(/C(=N/OC2(C(=O)O)CCC2)C(=O)C[C@@H]2C(=O)N(S(=O)(=O)O)[C@@H]2Cn2cncn2)cs1. The maximum Gasteiger partial charge on any atom is 0.362 e. The lowest BCUT2D eigenvalue weighted by Crippen LogP contribution is -2.64. The minimum atomic E-state index is -4.88. The van der Waals surface area contributed by atoms with E-state index in [1.54, 1.807) is 0 Å². The van der Waals surface area contributed by atoms with Crippen LogP contribution in [0.4, 0.5) is 5.13 Å². The molecule has 182 valence electrons. The van der Waals surface area contributed by atoms with E-state index in [0.717, 1.165) is 11.3 Å². The number of carboxylic acids is 1. The number of β-lactam (4-membered cyclic amide) rings is 1. The highest BCUT2D eigenvalue weighted by Crippen LogP contribution is 2.37. The third-order valence-corrected chi connectivity index (χ3v) is 7.31. The van der Waals surface area contributed by atoms with Crippen LogP contribution < -0.4 is 5.73 Å². The molecule has 1 amide bonds. The number of carbonyl (C=O) groups excluding carboxylic acids is 2. The third kappa shape index (κ3) is 4.36. The van der Waals surface area contributed by atoms with Gasteiger partial charge in [0.25, 0.3) is 0 Å². The van der Waals surface area contributed by atoms with Crippen molar-refractivity contribution >= 4 is 50.1 Å². The fourth-order valence-corrected chi connectivity index (χ4v) is 5.18. The van der Waals surface area contributed by atoms with Crippen LogP contribution in [0.25, 0.3) is 0 Å². The highest BCUT2D eigenvalue weighted by molar-refractivity contribution is 7.84. The van der Waals surface area contributed by atoms with E-state index >= 15 is 0 Å². The summed E-state index contributed by atoms with van der Waals surface area (Å²) in [6.07, 6.45) is 3.00. The monoisotopic (exact) mass is 513 g/mol. The first-order valence-electron chi connectivity index (χ1n) is 9.89. The molecule has 0 aromatic carbocycles. The number of anilines is 1. The van der Waals surface area contributed by atoms with Crippen LogP contribution in [0.5, 0.6) is 0 Å². The Morgan fingerprint density at radius 3 is 2.62 bits per heavy atom. The number of nitrogens with zero attached hydrogens (tertiary/aromatic N) is 6. The van der Waals surface area contributed by atoms with E-state index in [0.29, 0.717) is 6.42 Å². The fourth-order valence-electron chi connectivity index (χ4n) is 3.71. The van der Waals surface area contributed by atoms with Crippen molar-refractivity contribution in [2.75, 3.05) is 5.73 Å². The molecule has 15 nitrogen and oxygen atoms in total. The van der Waals surface area contributed by atoms with Gasteiger partial charge in [-0.3, -0.25) is 18.8 Å². The zero-order valence-electron chi connectivity index (χ0n) is 17.3. The number of aromatic nitrogens is 4. The summed E-state index contributed by atoms with van der Waals surface area (Å²) in [4.78, 5) is 50.2. The van der Waals surface area contributed by atoms with E-state index in [4.69, 9.17) is 10.6 Å². The molecule has 0 spiro atoms. The lowest BCUT2D eigenvalue weighted by molar-refractivity contribution is -0.178. The number of nitrogen functional groups attached to an aromatic ring is 1. The summed E-state index contributed by atoms with van der Waals surface area (Å²) < 4.78 is 34.3. The number of carbonyl (C=O) groups is 3. The van der Waals surface area contributed by atoms with Crippen LogP contribution in [0.3, 0.4) is 0 Å². The first-order valence-corrected chi connectivity index (χ1v) is 12.2. The second-order valence-electron chi connectivity index (χ2n) is 7.79. The molecule has 2 aliphatic rings. The highest BCUT2D eigenvalue weighted by atomic mass is 32.2. The maximum absolute atomic E-state index is 13.1. The number of Topliss-reactive ketones (excluding diaryl/α,β-unsaturated/α-hetero) is 1. The summed E-state index contributed by atoms with van der Waals surface area (Å²) in [5.74, 6) is -4.10. The quantitative estimate of drug-likeness (QED) is 0.156. The first kappa shape index (κ1) is 23.7. The number of carboxylic acid groups (broad SMARTS) is 1. The Kier molecular flexibility index (Phi) is 6.09. The molecule has 2 fully saturated rings. The number of hydrogen-bond acceptors (Lipinski definition) is 12. The summed E-state index contributed by atoms with van der Waals surface area (Å²) in [7, 11) is -4.88. The van der Waals surface area contributed by atoms with E-state index in [1.165, 1.54) is 22.7 Å². The van der Waals surface area contributed by atoms with Gasteiger partial charge >= 0.3 is 16.3 Å². The van der Waals surface area contributed by atoms with Gasteiger partial charge in [0.15, 0.2) is 16.6 Å². The molecule has 2 atom stereocenters. The Morgan fingerprint density at radius 2 is 2.12 bits per heavy atom. The van der Waals surface area contributed by atoms with Crippen LogP contribution in [0.15, 0.2) is 23.2 Å². The minimum Gasteiger partial charge on any atom is -0.478 e. The van der Waals surface area contributed by atoms with Crippen LogP contribution in [0, 0.1) is 5.92 Å². The Hall–Kier alpha value is -3.44. The summed E-state index contributed by atoms with van der Waals surface area (Å²) in [6.45, 7) is -0.155. The predicted molar refractivity (Wildman–Crippen MR) is 114 cm³/mol. The number of oxime groups is 1. The van der Waals surface area contributed by atoms with Gasteiger partial charge in [-0.05, 0) is 6.42 Å². The number of hydrogen-bond donors (Lipinski definition) is 3. The zero-order valence-corrected chi connectivity index (χ0v) is 19.0. The molecule has 1 aliphatic carbocycles. The van der Waals surface area contributed by atoms with Gasteiger partial charge < -0.3 is 15.7 Å². The van der Waals surface area contributed by atoms with Crippen molar-refractivity contribution in [3.8, 4) is 0 Å². The molecule has 0 bridgehead atoms. The van der Waals surface area contributed by atoms with E-state index < -0.39 is 51.9 Å². The van der Waals surface area contributed by atoms with Gasteiger partial charge in [0.05, 0.1) is 18.5 Å². The number of aliphatic carboxylic acids is 1. The molecular weight excluding hydrogens is 494 g/mol. The van der Waals surface area contributed by atoms with E-state index in [-0.39, 0.29) is 40.2 Å². The largest absolute Gasteiger partial charge is 0.478 e. The van der Waals surface area contributed by atoms with Crippen LogP contribution in [-0.4, -0.2) is 77.1 Å². The third-order valence-electron chi connectivity index (χ3n) is 5.69. The molecule has 2 aromatic rings. The minimum absolute atomic E-state index is 0.0265. The lowest BCUT2D eigenvalue weighted by atomic mass is 9.80. The first-order chi connectivity index (χ1) is 16.0. The maximum atomic E-state index is 13.1. The molecule has 1 saturated heterocycles. The van der Waals surface area contributed by atoms with Crippen LogP contribution in [-0.2, 0) is 36.1 Å². The van der Waals surface area contributed by atoms with Gasteiger partial charge in [0.1, 0.15) is 18.3 Å². The topological polar surface area (TPSA) is 220 Å². The van der Waals surface area contributed by atoms with Gasteiger partial charge in [-0.25, -0.2) is 19.1 Å². The predicted octanol–water partition coefficient (Wildman–Crippen LogP) is -0.666. The zero-order chi connectivity index (χ0) is 24.7. The molecule has 34 heavy (non-hydrogen) atoms. The normalized spacial score (nSPS) is 22.1. The van der Waals surface area contributed by atoms with Crippen LogP contribution in [0.2, 0.25) is 0 Å². The number of nitrogens with two attached hydrogens (primary N) is 1. The molecule has 4 rings (SSSR count). The van der Waals surface area contributed by atoms with Crippen molar-refractivity contribution in [3.63, 3.8) is 0 Å². The summed E-state index contributed by atoms with van der Waals surface area (Å²) in [6, 6.07) is -1.12. The Labute approximate surface area is 196 Å². The van der Waals surface area contributed by atoms with Crippen molar-refractivity contribution < 1.29 is 37.3 Å². The molecule has 0 unspecified atom stereocenters. The smallest absolute Gasteiger partial charge is 0.362 e. The molecule has 1 aliphatic heterocycles. The van der Waals surface area contributed by atoms with Crippen LogP contribution >= 0.6 is 11.3 Å². The van der Waals surface area contributed by atoms with Gasteiger partial charge in [-0.2, -0.15) is 13.5 Å². The average molecular weight is 514 g/mol. The van der Waals surface area contributed by atoms with Crippen molar-refractivity contribution in [2.45, 2.75) is 43.9 Å².